The molecule has 2 heterocycles. The summed E-state index contributed by atoms with van der Waals surface area (Å²) in [5.74, 6) is -1.55. The molecule has 3 atom stereocenters. The van der Waals surface area contributed by atoms with Crippen LogP contribution >= 0.6 is 11.3 Å². The summed E-state index contributed by atoms with van der Waals surface area (Å²) >= 11 is 1.57. The van der Waals surface area contributed by atoms with Gasteiger partial charge < -0.3 is 45.3 Å². The van der Waals surface area contributed by atoms with Crippen LogP contribution in [0.25, 0.3) is 10.4 Å². The molecule has 3 rings (SSSR count). The zero-order valence-corrected chi connectivity index (χ0v) is 29.7. The Morgan fingerprint density at radius 2 is 1.53 bits per heavy atom. The van der Waals surface area contributed by atoms with Crippen molar-refractivity contribution in [3.8, 4) is 10.4 Å². The van der Waals surface area contributed by atoms with Crippen LogP contribution < -0.4 is 16.4 Å². The minimum Gasteiger partial charge on any atom is -0.391 e. The fourth-order valence-corrected chi connectivity index (χ4v) is 5.92. The Labute approximate surface area is 292 Å². The van der Waals surface area contributed by atoms with Gasteiger partial charge in [-0.05, 0) is 23.5 Å². The van der Waals surface area contributed by atoms with E-state index in [0.717, 1.165) is 21.7 Å². The quantitative estimate of drug-likeness (QED) is 0.139. The molecule has 272 valence electrons. The summed E-state index contributed by atoms with van der Waals surface area (Å²) in [6.07, 6.45) is -0.529. The second-order valence-electron chi connectivity index (χ2n) is 12.9. The number of aromatic nitrogens is 1. The number of β-amino-alcohol motifs (C(OH)–C–C–N with tert-alkyl or cyclic N) is 1. The molecule has 0 radical (unpaired) electrons. The van der Waals surface area contributed by atoms with Crippen molar-refractivity contribution in [1.82, 2.24) is 20.5 Å². The van der Waals surface area contributed by atoms with E-state index >= 15 is 0 Å². The first-order valence-corrected chi connectivity index (χ1v) is 17.4. The Kier molecular flexibility index (Phi) is 16.5. The fraction of sp³-hybridized carbons (Fsp3) is 0.618. The number of nitrogens with zero attached hydrogens (tertiary/aromatic N) is 2. The Morgan fingerprint density at radius 3 is 2.06 bits per heavy atom. The SMILES string of the molecule is Cc1ncsc1-c1ccc(CNC(=O)[C@@H]2C[C@@H](O)CN2C(=O)[C@@H](NC(=O)CCOCCOCCOCCOCCC(N)=O)C(C)(C)C)cc1. The van der Waals surface area contributed by atoms with E-state index in [1.165, 1.54) is 4.90 Å². The number of benzene rings is 1. The summed E-state index contributed by atoms with van der Waals surface area (Å²) in [7, 11) is 0. The lowest BCUT2D eigenvalue weighted by Crippen LogP contribution is -2.57. The highest BCUT2D eigenvalue weighted by atomic mass is 32.1. The van der Waals surface area contributed by atoms with Crippen LogP contribution in [0.5, 0.6) is 0 Å². The Bertz CT molecular complexity index is 1350. The molecule has 0 spiro atoms. The molecule has 2 aromatic rings. The zero-order chi connectivity index (χ0) is 35.8. The van der Waals surface area contributed by atoms with Crippen molar-refractivity contribution < 1.29 is 43.2 Å². The number of thiazole rings is 1. The van der Waals surface area contributed by atoms with Crippen LogP contribution in [0.1, 0.15) is 51.3 Å². The molecule has 1 aromatic carbocycles. The zero-order valence-electron chi connectivity index (χ0n) is 28.9. The summed E-state index contributed by atoms with van der Waals surface area (Å²) in [5.41, 5.74) is 9.10. The molecule has 1 aliphatic rings. The minimum atomic E-state index is -0.916. The van der Waals surface area contributed by atoms with E-state index in [2.05, 4.69) is 15.6 Å². The van der Waals surface area contributed by atoms with Gasteiger partial charge in [0.05, 0.1) is 75.0 Å². The number of rotatable bonds is 21. The number of aliphatic hydroxyl groups is 1. The van der Waals surface area contributed by atoms with E-state index < -0.39 is 35.4 Å². The van der Waals surface area contributed by atoms with Crippen LogP contribution in [0.4, 0.5) is 0 Å². The normalized spacial score (nSPS) is 16.8. The van der Waals surface area contributed by atoms with Gasteiger partial charge in [-0.3, -0.25) is 19.2 Å². The molecule has 49 heavy (non-hydrogen) atoms. The smallest absolute Gasteiger partial charge is 0.246 e. The third-order valence-electron chi connectivity index (χ3n) is 7.79. The number of ether oxygens (including phenoxy) is 4. The lowest BCUT2D eigenvalue weighted by Gasteiger charge is -2.35. The van der Waals surface area contributed by atoms with Gasteiger partial charge in [-0.15, -0.1) is 11.3 Å². The van der Waals surface area contributed by atoms with Gasteiger partial charge in [-0.25, -0.2) is 4.98 Å². The third kappa shape index (κ3) is 13.8. The molecular weight excluding hydrogens is 654 g/mol. The first kappa shape index (κ1) is 40.0. The lowest BCUT2D eigenvalue weighted by atomic mass is 9.85. The van der Waals surface area contributed by atoms with Gasteiger partial charge >= 0.3 is 0 Å². The molecule has 1 saturated heterocycles. The molecule has 0 unspecified atom stereocenters. The molecule has 0 aliphatic carbocycles. The highest BCUT2D eigenvalue weighted by molar-refractivity contribution is 7.13. The minimum absolute atomic E-state index is 0.00115. The van der Waals surface area contributed by atoms with Crippen molar-refractivity contribution in [3.05, 3.63) is 41.0 Å². The highest BCUT2D eigenvalue weighted by Gasteiger charge is 2.44. The standard InChI is InChI=1S/C34H51N5O9S/c1-23-30(49-22-37-23)25-7-5-24(6-8-25)20-36-32(43)27-19-26(40)21-39(27)33(44)31(34(2,3)4)38-29(42)10-12-46-14-16-48-18-17-47-15-13-45-11-9-28(35)41/h5-8,22,26-27,31,40H,9-21H2,1-4H3,(H2,35,41)(H,36,43)(H,38,42)/t26-,27+,31-/m1/s1. The van der Waals surface area contributed by atoms with E-state index in [9.17, 15) is 24.3 Å². The maximum atomic E-state index is 13.8. The van der Waals surface area contributed by atoms with E-state index in [0.29, 0.717) is 33.0 Å². The summed E-state index contributed by atoms with van der Waals surface area (Å²) in [6, 6.07) is 6.08. The number of carbonyl (C=O) groups excluding carboxylic acids is 4. The average molecular weight is 706 g/mol. The fourth-order valence-electron chi connectivity index (χ4n) is 5.11. The van der Waals surface area contributed by atoms with Gasteiger partial charge in [0.1, 0.15) is 12.1 Å². The third-order valence-corrected chi connectivity index (χ3v) is 8.77. The Morgan fingerprint density at radius 1 is 0.959 bits per heavy atom. The van der Waals surface area contributed by atoms with Gasteiger partial charge in [0.25, 0.3) is 0 Å². The van der Waals surface area contributed by atoms with Crippen LogP contribution in [0.2, 0.25) is 0 Å². The second kappa shape index (κ2) is 20.3. The van der Waals surface area contributed by atoms with Crippen LogP contribution in [0, 0.1) is 12.3 Å². The molecule has 15 heteroatoms. The number of hydrogen-bond donors (Lipinski definition) is 4. The van der Waals surface area contributed by atoms with Gasteiger partial charge in [0.15, 0.2) is 0 Å². The predicted molar refractivity (Wildman–Crippen MR) is 183 cm³/mol. The second-order valence-corrected chi connectivity index (χ2v) is 13.7. The van der Waals surface area contributed by atoms with E-state index in [1.807, 2.05) is 57.5 Å². The number of amides is 4. The Balaban J connectivity index is 1.38. The predicted octanol–water partition coefficient (Wildman–Crippen LogP) is 1.56. The highest BCUT2D eigenvalue weighted by Crippen LogP contribution is 2.28. The van der Waals surface area contributed by atoms with E-state index in [-0.39, 0.29) is 64.0 Å². The van der Waals surface area contributed by atoms with Gasteiger partial charge in [0.2, 0.25) is 23.6 Å². The van der Waals surface area contributed by atoms with Gasteiger partial charge in [-0.2, -0.15) is 0 Å². The average Bonchev–Trinajstić information content (AvgIpc) is 3.67. The van der Waals surface area contributed by atoms with E-state index in [4.69, 9.17) is 24.7 Å². The van der Waals surface area contributed by atoms with Gasteiger partial charge in [0, 0.05) is 32.4 Å². The monoisotopic (exact) mass is 705 g/mol. The summed E-state index contributed by atoms with van der Waals surface area (Å²) < 4.78 is 21.5. The molecule has 5 N–H and O–H groups in total. The van der Waals surface area contributed by atoms with Crippen LogP contribution in [-0.4, -0.2) is 116 Å². The summed E-state index contributed by atoms with van der Waals surface area (Å²) in [5, 5.41) is 16.2. The Hall–Kier alpha value is -3.47. The number of primary amides is 1. The number of aliphatic hydroxyl groups excluding tert-OH is 1. The van der Waals surface area contributed by atoms with Crippen molar-refractivity contribution in [2.75, 3.05) is 59.4 Å². The number of carbonyl (C=O) groups is 4. The lowest BCUT2D eigenvalue weighted by molar-refractivity contribution is -0.144. The van der Waals surface area contributed by atoms with Crippen molar-refractivity contribution in [1.29, 1.82) is 0 Å². The maximum Gasteiger partial charge on any atom is 0.246 e. The molecule has 1 aliphatic heterocycles. The topological polar surface area (TPSA) is 192 Å². The molecule has 1 fully saturated rings. The summed E-state index contributed by atoms with van der Waals surface area (Å²) in [6.45, 7) is 10.2. The van der Waals surface area contributed by atoms with E-state index in [1.54, 1.807) is 11.3 Å². The molecule has 0 bridgehead atoms. The number of likely N-dealkylation sites (tertiary alicyclic amines) is 1. The number of hydrogen-bond acceptors (Lipinski definition) is 11. The first-order chi connectivity index (χ1) is 23.4. The van der Waals surface area contributed by atoms with Gasteiger partial charge in [-0.1, -0.05) is 45.0 Å². The van der Waals surface area contributed by atoms with Crippen LogP contribution in [-0.2, 0) is 44.7 Å². The maximum absolute atomic E-state index is 13.8. The number of aryl methyl sites for hydroxylation is 1. The molecule has 1 aromatic heterocycles. The molecule has 4 amide bonds. The van der Waals surface area contributed by atoms with Crippen LogP contribution in [0.15, 0.2) is 29.8 Å². The number of nitrogens with one attached hydrogen (secondary N) is 2. The van der Waals surface area contributed by atoms with Crippen molar-refractivity contribution >= 4 is 35.0 Å². The van der Waals surface area contributed by atoms with Crippen LogP contribution in [0.3, 0.4) is 0 Å². The molecular formula is C34H51N5O9S. The van der Waals surface area contributed by atoms with Crippen molar-refractivity contribution in [2.45, 2.75) is 71.7 Å². The largest absolute Gasteiger partial charge is 0.391 e. The molecule has 0 saturated carbocycles. The summed E-state index contributed by atoms with van der Waals surface area (Å²) in [4.78, 5) is 57.3. The number of nitrogens with two attached hydrogens (primary N) is 1. The molecule has 14 nitrogen and oxygen atoms in total. The van der Waals surface area contributed by atoms with Crippen molar-refractivity contribution in [2.24, 2.45) is 11.1 Å². The van der Waals surface area contributed by atoms with Crippen molar-refractivity contribution in [3.63, 3.8) is 0 Å². The first-order valence-electron chi connectivity index (χ1n) is 16.5.